The van der Waals surface area contributed by atoms with Gasteiger partial charge in [0.25, 0.3) is 5.91 Å². The second-order valence-electron chi connectivity index (χ2n) is 8.09. The summed E-state index contributed by atoms with van der Waals surface area (Å²) in [4.78, 5) is 15.2. The van der Waals surface area contributed by atoms with Crippen LogP contribution in [-0.2, 0) is 6.54 Å². The maximum atomic E-state index is 12.9. The average Bonchev–Trinajstić information content (AvgIpc) is 3.43. The van der Waals surface area contributed by atoms with E-state index in [0.717, 1.165) is 25.9 Å². The van der Waals surface area contributed by atoms with Crippen LogP contribution < -0.4 is 15.9 Å². The van der Waals surface area contributed by atoms with Crippen LogP contribution in [0.25, 0.3) is 5.82 Å². The summed E-state index contributed by atoms with van der Waals surface area (Å²) >= 11 is 0. The lowest BCUT2D eigenvalue weighted by Crippen LogP contribution is -2.34. The molecule has 1 fully saturated rings. The molecule has 4 rings (SSSR count). The Morgan fingerprint density at radius 1 is 1.38 bits per heavy atom. The summed E-state index contributed by atoms with van der Waals surface area (Å²) in [5.74, 6) is 0.691. The van der Waals surface area contributed by atoms with Crippen LogP contribution in [0.15, 0.2) is 27.9 Å². The highest BCUT2D eigenvalue weighted by Gasteiger charge is 2.26. The molecule has 1 aliphatic rings. The summed E-state index contributed by atoms with van der Waals surface area (Å²) in [5.41, 5.74) is 9.56. The first-order chi connectivity index (χ1) is 16.5. The minimum atomic E-state index is -0.540. The molecule has 0 radical (unpaired) electrons. The molecule has 0 bridgehead atoms. The van der Waals surface area contributed by atoms with Crippen molar-refractivity contribution in [2.75, 3.05) is 25.4 Å². The Kier molecular flexibility index (Phi) is 7.01. The third-order valence-corrected chi connectivity index (χ3v) is 5.59. The van der Waals surface area contributed by atoms with Crippen LogP contribution in [0.2, 0.25) is 0 Å². The predicted molar refractivity (Wildman–Crippen MR) is 122 cm³/mol. The number of likely N-dealkylation sites (tertiary alicyclic amines) is 1. The molecule has 13 heteroatoms. The van der Waals surface area contributed by atoms with E-state index in [-0.39, 0.29) is 23.1 Å². The molecule has 1 aromatic carbocycles. The van der Waals surface area contributed by atoms with Gasteiger partial charge >= 0.3 is 0 Å². The normalized spacial score (nSPS) is 15.1. The minimum Gasteiger partial charge on any atom is -0.504 e. The molecule has 4 N–H and O–H groups in total. The van der Waals surface area contributed by atoms with E-state index in [0.29, 0.717) is 36.1 Å². The zero-order valence-corrected chi connectivity index (χ0v) is 19.0. The van der Waals surface area contributed by atoms with Crippen LogP contribution in [0.4, 0.5) is 5.82 Å². The summed E-state index contributed by atoms with van der Waals surface area (Å²) in [6.45, 7) is 6.66. The van der Waals surface area contributed by atoms with Gasteiger partial charge in [0.1, 0.15) is 0 Å². The molecule has 0 atom stereocenters. The quantitative estimate of drug-likeness (QED) is 0.323. The van der Waals surface area contributed by atoms with E-state index in [1.807, 2.05) is 6.92 Å². The number of phenolic OH excluding ortho intramolecular Hbond substituents is 1. The number of carbonyl (C=O) groups excluding carboxylic acids is 1. The maximum absolute atomic E-state index is 12.9. The number of phenols is 1. The van der Waals surface area contributed by atoms with Crippen molar-refractivity contribution >= 4 is 17.9 Å². The van der Waals surface area contributed by atoms with Crippen molar-refractivity contribution in [2.45, 2.75) is 33.2 Å². The van der Waals surface area contributed by atoms with E-state index in [9.17, 15) is 9.90 Å². The number of hydrogen-bond acceptors (Lipinski definition) is 11. The number of benzene rings is 1. The van der Waals surface area contributed by atoms with E-state index in [2.05, 4.69) is 43.0 Å². The summed E-state index contributed by atoms with van der Waals surface area (Å²) in [7, 11) is 0. The fourth-order valence-corrected chi connectivity index (χ4v) is 3.66. The number of nitrogens with one attached hydrogen (secondary N) is 1. The van der Waals surface area contributed by atoms with E-state index in [1.165, 1.54) is 17.0 Å². The maximum Gasteiger partial charge on any atom is 0.293 e. The predicted octanol–water partition coefficient (Wildman–Crippen LogP) is 1.33. The van der Waals surface area contributed by atoms with Crippen molar-refractivity contribution in [2.24, 2.45) is 11.0 Å². The van der Waals surface area contributed by atoms with Crippen molar-refractivity contribution in [3.05, 3.63) is 35.2 Å². The number of nitrogens with zero attached hydrogens (tertiary/aromatic N) is 7. The third kappa shape index (κ3) is 5.14. The van der Waals surface area contributed by atoms with Gasteiger partial charge in [-0.1, -0.05) is 12.1 Å². The van der Waals surface area contributed by atoms with E-state index < -0.39 is 5.91 Å². The van der Waals surface area contributed by atoms with Crippen molar-refractivity contribution < 1.29 is 19.3 Å². The molecule has 0 unspecified atom stereocenters. The number of aromatic hydroxyl groups is 1. The highest BCUT2D eigenvalue weighted by Crippen LogP contribution is 2.26. The van der Waals surface area contributed by atoms with Gasteiger partial charge in [-0.2, -0.15) is 9.78 Å². The standard InChI is InChI=1S/C21H27N9O4/c1-3-33-17-10-14(4-5-16(17)31)11-23-25-21(32)18-15(12-29-8-6-13(2)7-9-29)30(28-24-18)20-19(22)26-34-27-20/h4-5,10-11,13,31H,3,6-9,12H2,1-2H3,(H2,22,26)(H,25,32). The second-order valence-corrected chi connectivity index (χ2v) is 8.09. The Morgan fingerprint density at radius 3 is 2.88 bits per heavy atom. The molecule has 180 valence electrons. The zero-order chi connectivity index (χ0) is 24.1. The number of hydrogen-bond donors (Lipinski definition) is 3. The SMILES string of the molecule is CCOc1cc(C=NNC(=O)c2nnn(-c3nonc3N)c2CN2CCC(C)CC2)ccc1O. The minimum absolute atomic E-state index is 0.0259. The molecule has 0 aliphatic carbocycles. The van der Waals surface area contributed by atoms with E-state index in [4.69, 9.17) is 15.1 Å². The second kappa shape index (κ2) is 10.3. The number of rotatable bonds is 8. The van der Waals surface area contributed by atoms with Crippen LogP contribution in [0.3, 0.4) is 0 Å². The lowest BCUT2D eigenvalue weighted by atomic mass is 9.99. The number of nitrogens with two attached hydrogens (primary N) is 1. The lowest BCUT2D eigenvalue weighted by molar-refractivity contribution is 0.0947. The molecule has 1 saturated heterocycles. The molecule has 34 heavy (non-hydrogen) atoms. The number of ether oxygens (including phenoxy) is 1. The number of aromatic nitrogens is 5. The van der Waals surface area contributed by atoms with Gasteiger partial charge in [-0.15, -0.1) is 5.10 Å². The molecule has 3 aromatic rings. The van der Waals surface area contributed by atoms with Crippen LogP contribution in [-0.4, -0.2) is 67.1 Å². The average molecular weight is 470 g/mol. The molecule has 0 spiro atoms. The van der Waals surface area contributed by atoms with Gasteiger partial charge in [-0.25, -0.2) is 10.1 Å². The molecule has 0 saturated carbocycles. The first kappa shape index (κ1) is 23.2. The molecule has 13 nitrogen and oxygen atoms in total. The Bertz CT molecular complexity index is 1160. The molecule has 1 aliphatic heterocycles. The Morgan fingerprint density at radius 2 is 2.18 bits per heavy atom. The van der Waals surface area contributed by atoms with Gasteiger partial charge in [-0.3, -0.25) is 9.69 Å². The molecule has 3 heterocycles. The Hall–Kier alpha value is -4.00. The number of piperidine rings is 1. The summed E-state index contributed by atoms with van der Waals surface area (Å²) in [6.07, 6.45) is 3.57. The van der Waals surface area contributed by atoms with Gasteiger partial charge < -0.3 is 15.6 Å². The van der Waals surface area contributed by atoms with Gasteiger partial charge in [0.15, 0.2) is 17.2 Å². The summed E-state index contributed by atoms with van der Waals surface area (Å²) in [5, 5.41) is 29.3. The lowest BCUT2D eigenvalue weighted by Gasteiger charge is -2.30. The van der Waals surface area contributed by atoms with Crippen LogP contribution >= 0.6 is 0 Å². The first-order valence-electron chi connectivity index (χ1n) is 11.0. The Labute approximate surface area is 195 Å². The first-order valence-corrected chi connectivity index (χ1v) is 11.0. The van der Waals surface area contributed by atoms with Gasteiger partial charge in [-0.05, 0) is 72.8 Å². The Balaban J connectivity index is 1.54. The highest BCUT2D eigenvalue weighted by atomic mass is 16.6. The summed E-state index contributed by atoms with van der Waals surface area (Å²) < 4.78 is 11.4. The number of amides is 1. The highest BCUT2D eigenvalue weighted by molar-refractivity contribution is 5.94. The van der Waals surface area contributed by atoms with Crippen molar-refractivity contribution in [1.82, 2.24) is 35.6 Å². The van der Waals surface area contributed by atoms with Gasteiger partial charge in [0, 0.05) is 6.54 Å². The van der Waals surface area contributed by atoms with Gasteiger partial charge in [0.2, 0.25) is 11.6 Å². The van der Waals surface area contributed by atoms with Crippen LogP contribution in [0, 0.1) is 5.92 Å². The molecule has 1 amide bonds. The van der Waals surface area contributed by atoms with Crippen molar-refractivity contribution in [3.63, 3.8) is 0 Å². The fourth-order valence-electron chi connectivity index (χ4n) is 3.66. The monoisotopic (exact) mass is 469 g/mol. The van der Waals surface area contributed by atoms with Crippen molar-refractivity contribution in [1.29, 1.82) is 0 Å². The zero-order valence-electron chi connectivity index (χ0n) is 19.0. The number of hydrazone groups is 1. The van der Waals surface area contributed by atoms with Gasteiger partial charge in [0.05, 0.1) is 18.5 Å². The van der Waals surface area contributed by atoms with Crippen LogP contribution in [0.5, 0.6) is 11.5 Å². The third-order valence-electron chi connectivity index (χ3n) is 5.59. The topological polar surface area (TPSA) is 170 Å². The summed E-state index contributed by atoms with van der Waals surface area (Å²) in [6, 6.07) is 4.76. The largest absolute Gasteiger partial charge is 0.504 e. The van der Waals surface area contributed by atoms with Crippen molar-refractivity contribution in [3.8, 4) is 17.3 Å². The van der Waals surface area contributed by atoms with E-state index >= 15 is 0 Å². The smallest absolute Gasteiger partial charge is 0.293 e. The number of nitrogen functional groups attached to an aromatic ring is 1. The molecular formula is C21H27N9O4. The van der Waals surface area contributed by atoms with E-state index in [1.54, 1.807) is 12.1 Å². The molecular weight excluding hydrogens is 442 g/mol. The van der Waals surface area contributed by atoms with Crippen LogP contribution in [0.1, 0.15) is 48.4 Å². The number of anilines is 1. The fraction of sp³-hybridized carbons (Fsp3) is 0.429. The molecule has 2 aromatic heterocycles. The number of carbonyl (C=O) groups is 1.